The first kappa shape index (κ1) is 11.7. The highest BCUT2D eigenvalue weighted by atomic mass is 79.9. The maximum Gasteiger partial charge on any atom is 0.306 e. The normalized spacial score (nSPS) is 23.0. The minimum atomic E-state index is -0.768. The van der Waals surface area contributed by atoms with E-state index >= 15 is 0 Å². The third kappa shape index (κ3) is 1.74. The number of rotatable bonds is 1. The first-order chi connectivity index (χ1) is 8.56. The van der Waals surface area contributed by atoms with E-state index in [1.807, 2.05) is 18.2 Å². The van der Waals surface area contributed by atoms with Crippen LogP contribution in [0.3, 0.4) is 0 Å². The van der Waals surface area contributed by atoms with E-state index in [-0.39, 0.29) is 12.0 Å². The topological polar surface area (TPSA) is 79.1 Å². The highest BCUT2D eigenvalue weighted by molar-refractivity contribution is 9.10. The molecule has 1 aliphatic carbocycles. The van der Waals surface area contributed by atoms with Crippen LogP contribution in [0.1, 0.15) is 23.7 Å². The Morgan fingerprint density at radius 2 is 2.28 bits per heavy atom. The molecule has 0 saturated heterocycles. The molecule has 0 spiro atoms. The van der Waals surface area contributed by atoms with Gasteiger partial charge >= 0.3 is 5.97 Å². The first-order valence-corrected chi connectivity index (χ1v) is 6.64. The number of fused-ring (bicyclic) bond motifs is 3. The number of hydrogen-bond acceptors (Lipinski definition) is 2. The van der Waals surface area contributed by atoms with Crippen LogP contribution >= 0.6 is 15.9 Å². The van der Waals surface area contributed by atoms with Crippen molar-refractivity contribution in [1.29, 1.82) is 0 Å². The molecule has 0 aliphatic heterocycles. The molecule has 2 unspecified atom stereocenters. The van der Waals surface area contributed by atoms with Crippen LogP contribution in [0.25, 0.3) is 10.9 Å². The van der Waals surface area contributed by atoms with Gasteiger partial charge in [0, 0.05) is 33.5 Å². The van der Waals surface area contributed by atoms with Gasteiger partial charge < -0.3 is 15.8 Å². The summed E-state index contributed by atoms with van der Waals surface area (Å²) in [5.41, 5.74) is 9.19. The molecule has 2 atom stereocenters. The second-order valence-corrected chi connectivity index (χ2v) is 5.70. The van der Waals surface area contributed by atoms with Gasteiger partial charge in [-0.3, -0.25) is 4.79 Å². The SMILES string of the molecule is NC1CC(C(=O)O)Cc2[nH]c3ccc(Br)cc3c21. The number of nitrogens with two attached hydrogens (primary N) is 1. The van der Waals surface area contributed by atoms with Gasteiger partial charge in [-0.05, 0) is 30.2 Å². The van der Waals surface area contributed by atoms with Crippen LogP contribution in [0, 0.1) is 5.92 Å². The average molecular weight is 309 g/mol. The Labute approximate surface area is 112 Å². The van der Waals surface area contributed by atoms with Crippen molar-refractivity contribution in [3.63, 3.8) is 0 Å². The molecule has 4 N–H and O–H groups in total. The highest BCUT2D eigenvalue weighted by Gasteiger charge is 2.31. The van der Waals surface area contributed by atoms with E-state index in [0.29, 0.717) is 12.8 Å². The number of H-pyrrole nitrogens is 1. The summed E-state index contributed by atoms with van der Waals surface area (Å²) in [5.74, 6) is -1.15. The van der Waals surface area contributed by atoms with E-state index in [1.165, 1.54) is 0 Å². The summed E-state index contributed by atoms with van der Waals surface area (Å²) in [6.45, 7) is 0. The number of aromatic amines is 1. The van der Waals surface area contributed by atoms with Gasteiger partial charge in [0.2, 0.25) is 0 Å². The highest BCUT2D eigenvalue weighted by Crippen LogP contribution is 2.37. The lowest BCUT2D eigenvalue weighted by Crippen LogP contribution is -2.28. The van der Waals surface area contributed by atoms with Gasteiger partial charge in [-0.15, -0.1) is 0 Å². The van der Waals surface area contributed by atoms with E-state index in [1.54, 1.807) is 0 Å². The number of aliphatic carboxylic acids is 1. The molecule has 0 bridgehead atoms. The Morgan fingerprint density at radius 1 is 1.50 bits per heavy atom. The zero-order valence-corrected chi connectivity index (χ0v) is 11.2. The monoisotopic (exact) mass is 308 g/mol. The van der Waals surface area contributed by atoms with E-state index in [2.05, 4.69) is 20.9 Å². The van der Waals surface area contributed by atoms with Crippen LogP contribution in [0.2, 0.25) is 0 Å². The van der Waals surface area contributed by atoms with E-state index in [9.17, 15) is 4.79 Å². The van der Waals surface area contributed by atoms with Crippen LogP contribution in [0.4, 0.5) is 0 Å². The van der Waals surface area contributed by atoms with Crippen molar-refractivity contribution in [2.24, 2.45) is 11.7 Å². The summed E-state index contributed by atoms with van der Waals surface area (Å²) < 4.78 is 1.00. The number of nitrogens with one attached hydrogen (secondary N) is 1. The molecular weight excluding hydrogens is 296 g/mol. The largest absolute Gasteiger partial charge is 0.481 e. The molecule has 3 rings (SSSR count). The van der Waals surface area contributed by atoms with Crippen LogP contribution in [0.15, 0.2) is 22.7 Å². The van der Waals surface area contributed by atoms with E-state index in [0.717, 1.165) is 26.6 Å². The molecule has 4 nitrogen and oxygen atoms in total. The van der Waals surface area contributed by atoms with Crippen molar-refractivity contribution in [2.45, 2.75) is 18.9 Å². The number of carboxylic acid groups (broad SMARTS) is 1. The fourth-order valence-corrected chi connectivity index (χ4v) is 3.13. The van der Waals surface area contributed by atoms with Gasteiger partial charge in [0.1, 0.15) is 0 Å². The van der Waals surface area contributed by atoms with Gasteiger partial charge in [-0.2, -0.15) is 0 Å². The molecule has 94 valence electrons. The Hall–Kier alpha value is -1.33. The van der Waals surface area contributed by atoms with Crippen LogP contribution in [-0.2, 0) is 11.2 Å². The minimum Gasteiger partial charge on any atom is -0.481 e. The molecule has 0 radical (unpaired) electrons. The lowest BCUT2D eigenvalue weighted by atomic mass is 9.84. The molecule has 0 saturated carbocycles. The number of halogens is 1. The molecule has 0 fully saturated rings. The third-order valence-electron chi connectivity index (χ3n) is 3.59. The molecule has 2 aromatic rings. The minimum absolute atomic E-state index is 0.210. The summed E-state index contributed by atoms with van der Waals surface area (Å²) in [7, 11) is 0. The third-order valence-corrected chi connectivity index (χ3v) is 4.08. The van der Waals surface area contributed by atoms with Gasteiger partial charge in [-0.25, -0.2) is 0 Å². The Bertz CT molecular complexity index is 635. The van der Waals surface area contributed by atoms with Crippen LogP contribution < -0.4 is 5.73 Å². The Balaban J connectivity index is 2.16. The number of aromatic nitrogens is 1. The zero-order valence-electron chi connectivity index (χ0n) is 9.61. The first-order valence-electron chi connectivity index (χ1n) is 5.84. The van der Waals surface area contributed by atoms with Crippen LogP contribution in [-0.4, -0.2) is 16.1 Å². The van der Waals surface area contributed by atoms with Crippen molar-refractivity contribution < 1.29 is 9.90 Å². The average Bonchev–Trinajstić information content (AvgIpc) is 2.66. The fraction of sp³-hybridized carbons (Fsp3) is 0.308. The number of carbonyl (C=O) groups is 1. The van der Waals surface area contributed by atoms with Gasteiger partial charge in [0.25, 0.3) is 0 Å². The van der Waals surface area contributed by atoms with Gasteiger partial charge in [-0.1, -0.05) is 15.9 Å². The fourth-order valence-electron chi connectivity index (χ4n) is 2.77. The predicted octanol–water partition coefficient (Wildman–Crippen LogP) is 2.58. The molecular formula is C13H13BrN2O2. The molecule has 18 heavy (non-hydrogen) atoms. The summed E-state index contributed by atoms with van der Waals surface area (Å²) >= 11 is 3.45. The summed E-state index contributed by atoms with van der Waals surface area (Å²) in [5, 5.41) is 10.2. The second-order valence-electron chi connectivity index (χ2n) is 4.79. The number of carboxylic acids is 1. The molecule has 1 aromatic heterocycles. The number of hydrogen-bond donors (Lipinski definition) is 3. The van der Waals surface area contributed by atoms with Crippen molar-refractivity contribution in [1.82, 2.24) is 4.98 Å². The van der Waals surface area contributed by atoms with Gasteiger partial charge in [0.15, 0.2) is 0 Å². The molecule has 1 heterocycles. The van der Waals surface area contributed by atoms with Crippen molar-refractivity contribution in [2.75, 3.05) is 0 Å². The Morgan fingerprint density at radius 3 is 3.00 bits per heavy atom. The molecule has 1 aromatic carbocycles. The van der Waals surface area contributed by atoms with Crippen molar-refractivity contribution in [3.05, 3.63) is 33.9 Å². The summed E-state index contributed by atoms with van der Waals surface area (Å²) in [6.07, 6.45) is 1.03. The lowest BCUT2D eigenvalue weighted by Gasteiger charge is -2.24. The van der Waals surface area contributed by atoms with Gasteiger partial charge in [0.05, 0.1) is 5.92 Å². The lowest BCUT2D eigenvalue weighted by molar-refractivity contribution is -0.142. The molecule has 5 heteroatoms. The van der Waals surface area contributed by atoms with Crippen LogP contribution in [0.5, 0.6) is 0 Å². The van der Waals surface area contributed by atoms with E-state index in [4.69, 9.17) is 10.8 Å². The second kappa shape index (κ2) is 4.10. The smallest absolute Gasteiger partial charge is 0.306 e. The van der Waals surface area contributed by atoms with Crippen molar-refractivity contribution in [3.8, 4) is 0 Å². The molecule has 0 amide bonds. The summed E-state index contributed by atoms with van der Waals surface area (Å²) in [6, 6.07) is 5.77. The maximum atomic E-state index is 11.1. The zero-order chi connectivity index (χ0) is 12.9. The maximum absolute atomic E-state index is 11.1. The number of benzene rings is 1. The molecule has 1 aliphatic rings. The Kier molecular flexibility index (Phi) is 2.68. The predicted molar refractivity (Wildman–Crippen MR) is 72.4 cm³/mol. The van der Waals surface area contributed by atoms with Crippen molar-refractivity contribution >= 4 is 32.8 Å². The van der Waals surface area contributed by atoms with E-state index < -0.39 is 5.97 Å². The summed E-state index contributed by atoms with van der Waals surface area (Å²) in [4.78, 5) is 14.4. The standard InChI is InChI=1S/C13H13BrN2O2/c14-7-1-2-10-8(5-7)12-9(15)3-6(13(17)18)4-11(12)16-10/h1-2,5-6,9,16H,3-4,15H2,(H,17,18). The quantitative estimate of drug-likeness (QED) is 0.757.